The summed E-state index contributed by atoms with van der Waals surface area (Å²) in [4.78, 5) is 0. The zero-order chi connectivity index (χ0) is 20.4. The SMILES string of the molecule is CC(CCC1(CCC(C)OCC2CO2)CC[Si](C)(C)[Si](C)(C)O1)OCC1CO1. The molecule has 28 heavy (non-hydrogen) atoms. The third-order valence-electron chi connectivity index (χ3n) is 7.26. The number of rotatable bonds is 12. The summed E-state index contributed by atoms with van der Waals surface area (Å²) in [6, 6.07) is 1.39. The minimum atomic E-state index is -1.63. The maximum absolute atomic E-state index is 7.09. The standard InChI is InChI=1S/C21H42O5Si2/c1-17(22-13-19-15-24-19)7-9-21(10-8-18(2)23-14-20-16-25-20)11-12-27(3,4)28(5,6)26-21/h17-20H,7-16H2,1-6H3. The smallest absolute Gasteiger partial charge is 0.174 e. The minimum absolute atomic E-state index is 0.0135. The fourth-order valence-electron chi connectivity index (χ4n) is 4.02. The van der Waals surface area contributed by atoms with Gasteiger partial charge in [-0.3, -0.25) is 0 Å². The van der Waals surface area contributed by atoms with E-state index in [0.717, 1.165) is 52.1 Å². The van der Waals surface area contributed by atoms with Crippen LogP contribution < -0.4 is 0 Å². The van der Waals surface area contributed by atoms with Gasteiger partial charge in [-0.1, -0.05) is 19.1 Å². The van der Waals surface area contributed by atoms with Crippen LogP contribution in [0.2, 0.25) is 32.2 Å². The van der Waals surface area contributed by atoms with Gasteiger partial charge in [0.1, 0.15) is 12.2 Å². The summed E-state index contributed by atoms with van der Waals surface area (Å²) < 4.78 is 29.6. The van der Waals surface area contributed by atoms with Crippen LogP contribution in [-0.2, 0) is 23.4 Å². The molecule has 0 radical (unpaired) electrons. The predicted octanol–water partition coefficient (Wildman–Crippen LogP) is 4.31. The van der Waals surface area contributed by atoms with Gasteiger partial charge in [-0.2, -0.15) is 0 Å². The lowest BCUT2D eigenvalue weighted by atomic mass is 9.87. The summed E-state index contributed by atoms with van der Waals surface area (Å²) in [5, 5.41) is 0. The molecule has 0 aromatic heterocycles. The average molecular weight is 431 g/mol. The van der Waals surface area contributed by atoms with E-state index in [2.05, 4.69) is 40.0 Å². The minimum Gasteiger partial charge on any atom is -0.415 e. The first-order valence-corrected chi connectivity index (χ1v) is 18.4. The molecule has 4 atom stereocenters. The fraction of sp³-hybridized carbons (Fsp3) is 1.00. The van der Waals surface area contributed by atoms with Crippen LogP contribution in [0.4, 0.5) is 0 Å². The van der Waals surface area contributed by atoms with Crippen molar-refractivity contribution in [3.05, 3.63) is 0 Å². The number of hydrogen-bond acceptors (Lipinski definition) is 5. The van der Waals surface area contributed by atoms with Crippen LogP contribution >= 0.6 is 0 Å². The highest BCUT2D eigenvalue weighted by atomic mass is 29.3. The molecule has 0 bridgehead atoms. The van der Waals surface area contributed by atoms with Crippen molar-refractivity contribution in [2.24, 2.45) is 0 Å². The van der Waals surface area contributed by atoms with E-state index in [9.17, 15) is 0 Å². The van der Waals surface area contributed by atoms with Crippen LogP contribution in [0.5, 0.6) is 0 Å². The van der Waals surface area contributed by atoms with Crippen LogP contribution in [0, 0.1) is 0 Å². The Kier molecular flexibility index (Phi) is 7.49. The molecule has 3 aliphatic heterocycles. The van der Waals surface area contributed by atoms with Crippen molar-refractivity contribution < 1.29 is 23.4 Å². The Bertz CT molecular complexity index is 479. The van der Waals surface area contributed by atoms with Crippen LogP contribution in [0.1, 0.15) is 46.0 Å². The number of ether oxygens (including phenoxy) is 4. The highest BCUT2D eigenvalue weighted by Gasteiger charge is 2.52. The van der Waals surface area contributed by atoms with Gasteiger partial charge in [0.25, 0.3) is 0 Å². The third-order valence-corrected chi connectivity index (χ3v) is 23.8. The molecule has 0 aromatic rings. The van der Waals surface area contributed by atoms with E-state index in [0.29, 0.717) is 12.2 Å². The molecule has 164 valence electrons. The van der Waals surface area contributed by atoms with E-state index < -0.39 is 15.4 Å². The molecular weight excluding hydrogens is 388 g/mol. The van der Waals surface area contributed by atoms with Crippen LogP contribution in [0.25, 0.3) is 0 Å². The van der Waals surface area contributed by atoms with Gasteiger partial charge in [0.05, 0.1) is 51.8 Å². The van der Waals surface area contributed by atoms with Gasteiger partial charge < -0.3 is 23.4 Å². The predicted molar refractivity (Wildman–Crippen MR) is 117 cm³/mol. The lowest BCUT2D eigenvalue weighted by molar-refractivity contribution is -0.0163. The summed E-state index contributed by atoms with van der Waals surface area (Å²) >= 11 is 0. The summed E-state index contributed by atoms with van der Waals surface area (Å²) in [6.45, 7) is 17.6. The van der Waals surface area contributed by atoms with Gasteiger partial charge in [0.2, 0.25) is 0 Å². The zero-order valence-corrected chi connectivity index (χ0v) is 20.9. The van der Waals surface area contributed by atoms with Crippen LogP contribution in [0.15, 0.2) is 0 Å². The molecule has 3 saturated heterocycles. The molecule has 3 fully saturated rings. The maximum Gasteiger partial charge on any atom is 0.174 e. The van der Waals surface area contributed by atoms with Crippen molar-refractivity contribution in [2.45, 2.75) is 108 Å². The third kappa shape index (κ3) is 6.62. The molecule has 7 heteroatoms. The average Bonchev–Trinajstić information content (AvgIpc) is 3.52. The lowest BCUT2D eigenvalue weighted by Crippen LogP contribution is -2.65. The number of hydrogen-bond donors (Lipinski definition) is 0. The van der Waals surface area contributed by atoms with E-state index >= 15 is 0 Å². The molecule has 0 aromatic carbocycles. The van der Waals surface area contributed by atoms with Gasteiger partial charge in [-0.25, -0.2) is 0 Å². The Balaban J connectivity index is 1.54. The van der Waals surface area contributed by atoms with E-state index in [1.165, 1.54) is 12.5 Å². The summed E-state index contributed by atoms with van der Waals surface area (Å²) in [6.07, 6.45) is 6.74. The topological polar surface area (TPSA) is 52.8 Å². The normalized spacial score (nSPS) is 35.4. The van der Waals surface area contributed by atoms with Gasteiger partial charge in [-0.05, 0) is 59.0 Å². The molecule has 0 spiro atoms. The van der Waals surface area contributed by atoms with E-state index in [1.807, 2.05) is 0 Å². The molecule has 4 unspecified atom stereocenters. The highest BCUT2D eigenvalue weighted by Crippen LogP contribution is 2.44. The van der Waals surface area contributed by atoms with E-state index in [1.54, 1.807) is 0 Å². The van der Waals surface area contributed by atoms with Crippen LogP contribution in [0.3, 0.4) is 0 Å². The quantitative estimate of drug-likeness (QED) is 0.341. The second-order valence-electron chi connectivity index (χ2n) is 10.5. The summed E-state index contributed by atoms with van der Waals surface area (Å²) in [7, 11) is -2.87. The molecule has 3 heterocycles. The molecule has 0 aliphatic carbocycles. The van der Waals surface area contributed by atoms with Gasteiger partial charge in [0, 0.05) is 0 Å². The molecule has 0 saturated carbocycles. The van der Waals surface area contributed by atoms with E-state index in [4.69, 9.17) is 23.4 Å². The Morgan fingerprint density at radius 3 is 1.75 bits per heavy atom. The largest absolute Gasteiger partial charge is 0.415 e. The highest BCUT2D eigenvalue weighted by molar-refractivity contribution is 7.38. The molecule has 3 rings (SSSR count). The Morgan fingerprint density at radius 2 is 1.36 bits per heavy atom. The molecule has 0 N–H and O–H groups in total. The monoisotopic (exact) mass is 430 g/mol. The molecule has 3 aliphatic rings. The van der Waals surface area contributed by atoms with E-state index in [-0.39, 0.29) is 17.8 Å². The van der Waals surface area contributed by atoms with Crippen molar-refractivity contribution in [2.75, 3.05) is 26.4 Å². The second kappa shape index (κ2) is 9.16. The summed E-state index contributed by atoms with van der Waals surface area (Å²) in [5.74, 6) is 0. The Hall–Kier alpha value is 0.234. The van der Waals surface area contributed by atoms with Crippen molar-refractivity contribution >= 4 is 15.4 Å². The second-order valence-corrected chi connectivity index (χ2v) is 25.6. The molecular formula is C21H42O5Si2. The van der Waals surface area contributed by atoms with Gasteiger partial charge in [0.15, 0.2) is 7.83 Å². The van der Waals surface area contributed by atoms with Gasteiger partial charge in [-0.15, -0.1) is 0 Å². The van der Waals surface area contributed by atoms with Crippen molar-refractivity contribution in [1.29, 1.82) is 0 Å². The number of epoxide rings is 2. The fourth-order valence-corrected chi connectivity index (χ4v) is 11.0. The first kappa shape index (κ1) is 22.9. The van der Waals surface area contributed by atoms with Crippen molar-refractivity contribution in [3.63, 3.8) is 0 Å². The van der Waals surface area contributed by atoms with Crippen LogP contribution in [-0.4, -0.2) is 71.9 Å². The first-order valence-electron chi connectivity index (χ1n) is 11.3. The maximum atomic E-state index is 7.09. The van der Waals surface area contributed by atoms with Crippen molar-refractivity contribution in [1.82, 2.24) is 0 Å². The Labute approximate surface area is 173 Å². The zero-order valence-electron chi connectivity index (χ0n) is 18.9. The lowest BCUT2D eigenvalue weighted by Gasteiger charge is -2.53. The van der Waals surface area contributed by atoms with Crippen molar-refractivity contribution in [3.8, 4) is 0 Å². The summed E-state index contributed by atoms with van der Waals surface area (Å²) in [5.41, 5.74) is 0.0135. The Morgan fingerprint density at radius 1 is 0.893 bits per heavy atom. The van der Waals surface area contributed by atoms with Gasteiger partial charge >= 0.3 is 0 Å². The first-order chi connectivity index (χ1) is 13.1. The molecule has 0 amide bonds. The molecule has 5 nitrogen and oxygen atoms in total.